The van der Waals surface area contributed by atoms with Gasteiger partial charge in [0.05, 0.1) is 30.3 Å². The molecule has 1 fully saturated rings. The molecule has 0 radical (unpaired) electrons. The summed E-state index contributed by atoms with van der Waals surface area (Å²) in [4.78, 5) is 23.9. The zero-order valence-electron chi connectivity index (χ0n) is 17.1. The number of nitrogens with zero attached hydrogens (tertiary/aromatic N) is 1. The Hall–Kier alpha value is -2.95. The van der Waals surface area contributed by atoms with Crippen LogP contribution in [-0.2, 0) is 24.3 Å². The minimum absolute atomic E-state index is 0.160. The molecular formula is C21H24N2O7S. The zero-order chi connectivity index (χ0) is 22.3. The highest BCUT2D eigenvalue weighted by Crippen LogP contribution is 2.20. The lowest BCUT2D eigenvalue weighted by Crippen LogP contribution is -2.40. The van der Waals surface area contributed by atoms with E-state index in [1.807, 2.05) is 0 Å². The number of morpholine rings is 1. The van der Waals surface area contributed by atoms with Gasteiger partial charge in [0.15, 0.2) is 6.61 Å². The fourth-order valence-electron chi connectivity index (χ4n) is 2.89. The summed E-state index contributed by atoms with van der Waals surface area (Å²) in [6.07, 6.45) is 0. The minimum atomic E-state index is -3.58. The first-order valence-corrected chi connectivity index (χ1v) is 11.2. The zero-order valence-corrected chi connectivity index (χ0v) is 17.9. The maximum absolute atomic E-state index is 12.6. The number of nitrogens with one attached hydrogen (secondary N) is 1. The Labute approximate surface area is 181 Å². The van der Waals surface area contributed by atoms with Gasteiger partial charge in [-0.1, -0.05) is 0 Å². The highest BCUT2D eigenvalue weighted by molar-refractivity contribution is 7.89. The van der Waals surface area contributed by atoms with Gasteiger partial charge in [0, 0.05) is 18.8 Å². The van der Waals surface area contributed by atoms with Gasteiger partial charge in [0.2, 0.25) is 10.0 Å². The van der Waals surface area contributed by atoms with Gasteiger partial charge in [-0.05, 0) is 55.5 Å². The fourth-order valence-corrected chi connectivity index (χ4v) is 4.30. The van der Waals surface area contributed by atoms with E-state index in [0.29, 0.717) is 43.3 Å². The second-order valence-corrected chi connectivity index (χ2v) is 8.56. The molecule has 1 heterocycles. The van der Waals surface area contributed by atoms with E-state index in [0.717, 1.165) is 0 Å². The molecule has 31 heavy (non-hydrogen) atoms. The molecule has 0 atom stereocenters. The number of benzene rings is 2. The molecule has 2 aromatic rings. The molecule has 0 spiro atoms. The lowest BCUT2D eigenvalue weighted by Gasteiger charge is -2.26. The van der Waals surface area contributed by atoms with Gasteiger partial charge in [-0.25, -0.2) is 13.2 Å². The van der Waals surface area contributed by atoms with Gasteiger partial charge in [-0.3, -0.25) is 4.79 Å². The summed E-state index contributed by atoms with van der Waals surface area (Å²) in [5.41, 5.74) is 0.900. The van der Waals surface area contributed by atoms with Crippen LogP contribution in [0.3, 0.4) is 0 Å². The molecule has 0 unspecified atom stereocenters. The van der Waals surface area contributed by atoms with Crippen molar-refractivity contribution in [1.82, 2.24) is 4.31 Å². The first-order chi connectivity index (χ1) is 14.9. The van der Waals surface area contributed by atoms with Crippen LogP contribution in [0.15, 0.2) is 53.4 Å². The third-order valence-corrected chi connectivity index (χ3v) is 6.39. The van der Waals surface area contributed by atoms with Gasteiger partial charge in [0.1, 0.15) is 5.75 Å². The molecule has 0 bridgehead atoms. The predicted octanol–water partition coefficient (Wildman–Crippen LogP) is 1.90. The number of hydrogen-bond acceptors (Lipinski definition) is 7. The second kappa shape index (κ2) is 10.4. The normalized spacial score (nSPS) is 14.6. The van der Waals surface area contributed by atoms with Crippen molar-refractivity contribution in [1.29, 1.82) is 0 Å². The average molecular weight is 448 g/mol. The van der Waals surface area contributed by atoms with E-state index in [1.165, 1.54) is 28.6 Å². The highest BCUT2D eigenvalue weighted by Gasteiger charge is 2.26. The van der Waals surface area contributed by atoms with Crippen LogP contribution in [0.4, 0.5) is 5.69 Å². The molecular weight excluding hydrogens is 424 g/mol. The lowest BCUT2D eigenvalue weighted by atomic mass is 10.2. The van der Waals surface area contributed by atoms with Gasteiger partial charge in [-0.15, -0.1) is 0 Å². The minimum Gasteiger partial charge on any atom is -0.484 e. The Kier molecular flexibility index (Phi) is 7.61. The van der Waals surface area contributed by atoms with Crippen LogP contribution in [-0.4, -0.2) is 64.1 Å². The number of amides is 1. The number of ether oxygens (including phenoxy) is 3. The Morgan fingerprint density at radius 3 is 2.29 bits per heavy atom. The Morgan fingerprint density at radius 1 is 1.03 bits per heavy atom. The van der Waals surface area contributed by atoms with Crippen molar-refractivity contribution in [2.75, 3.05) is 44.8 Å². The molecule has 1 amide bonds. The molecule has 1 aliphatic heterocycles. The van der Waals surface area contributed by atoms with Crippen LogP contribution < -0.4 is 10.1 Å². The van der Waals surface area contributed by atoms with Crippen LogP contribution in [0, 0.1) is 0 Å². The molecule has 1 aliphatic rings. The van der Waals surface area contributed by atoms with Crippen molar-refractivity contribution in [3.63, 3.8) is 0 Å². The number of anilines is 1. The van der Waals surface area contributed by atoms with E-state index in [9.17, 15) is 18.0 Å². The van der Waals surface area contributed by atoms with Crippen LogP contribution in [0.5, 0.6) is 5.75 Å². The second-order valence-electron chi connectivity index (χ2n) is 6.62. The molecule has 1 saturated heterocycles. The molecule has 9 nitrogen and oxygen atoms in total. The quantitative estimate of drug-likeness (QED) is 0.614. The summed E-state index contributed by atoms with van der Waals surface area (Å²) < 4.78 is 42.1. The standard InChI is InChI=1S/C21H24N2O7S/c1-2-29-21(25)16-3-5-17(6-4-16)22-20(24)15-30-18-7-9-19(10-8-18)31(26,27)23-11-13-28-14-12-23/h3-10H,2,11-15H2,1H3,(H,22,24). The third-order valence-electron chi connectivity index (χ3n) is 4.48. The Morgan fingerprint density at radius 2 is 1.68 bits per heavy atom. The van der Waals surface area contributed by atoms with E-state index in [2.05, 4.69) is 5.32 Å². The van der Waals surface area contributed by atoms with E-state index >= 15 is 0 Å². The van der Waals surface area contributed by atoms with Gasteiger partial charge < -0.3 is 19.5 Å². The number of carbonyl (C=O) groups is 2. The van der Waals surface area contributed by atoms with Crippen molar-refractivity contribution in [2.45, 2.75) is 11.8 Å². The van der Waals surface area contributed by atoms with Gasteiger partial charge in [0.25, 0.3) is 5.91 Å². The summed E-state index contributed by atoms with van der Waals surface area (Å²) >= 11 is 0. The number of sulfonamides is 1. The van der Waals surface area contributed by atoms with Crippen molar-refractivity contribution in [2.24, 2.45) is 0 Å². The average Bonchev–Trinajstić information content (AvgIpc) is 2.79. The number of hydrogen-bond donors (Lipinski definition) is 1. The summed E-state index contributed by atoms with van der Waals surface area (Å²) in [6.45, 7) is 3.15. The molecule has 1 N–H and O–H groups in total. The topological polar surface area (TPSA) is 111 Å². The van der Waals surface area contributed by atoms with Crippen molar-refractivity contribution < 1.29 is 32.2 Å². The summed E-state index contributed by atoms with van der Waals surface area (Å²) in [5.74, 6) is -0.453. The maximum atomic E-state index is 12.6. The molecule has 2 aromatic carbocycles. The first kappa shape index (κ1) is 22.7. The molecule has 10 heteroatoms. The van der Waals surface area contributed by atoms with Crippen LogP contribution >= 0.6 is 0 Å². The van der Waals surface area contributed by atoms with Crippen LogP contribution in [0.25, 0.3) is 0 Å². The van der Waals surface area contributed by atoms with Gasteiger partial charge in [-0.2, -0.15) is 4.31 Å². The van der Waals surface area contributed by atoms with Crippen molar-refractivity contribution >= 4 is 27.6 Å². The maximum Gasteiger partial charge on any atom is 0.338 e. The molecule has 0 aliphatic carbocycles. The molecule has 166 valence electrons. The third kappa shape index (κ3) is 6.03. The monoisotopic (exact) mass is 448 g/mol. The number of rotatable bonds is 8. The molecule has 0 aromatic heterocycles. The molecule has 3 rings (SSSR count). The van der Waals surface area contributed by atoms with Gasteiger partial charge >= 0.3 is 5.97 Å². The summed E-state index contributed by atoms with van der Waals surface area (Å²) in [5, 5.41) is 2.66. The van der Waals surface area contributed by atoms with E-state index in [1.54, 1.807) is 31.2 Å². The van der Waals surface area contributed by atoms with E-state index in [4.69, 9.17) is 14.2 Å². The van der Waals surface area contributed by atoms with E-state index < -0.39 is 21.9 Å². The van der Waals surface area contributed by atoms with Crippen LogP contribution in [0.1, 0.15) is 17.3 Å². The number of esters is 1. The largest absolute Gasteiger partial charge is 0.484 e. The summed E-state index contributed by atoms with van der Waals surface area (Å²) in [7, 11) is -3.58. The predicted molar refractivity (Wildman–Crippen MR) is 113 cm³/mol. The van der Waals surface area contributed by atoms with E-state index in [-0.39, 0.29) is 18.1 Å². The highest BCUT2D eigenvalue weighted by atomic mass is 32.2. The lowest BCUT2D eigenvalue weighted by molar-refractivity contribution is -0.118. The number of carbonyl (C=O) groups excluding carboxylic acids is 2. The van der Waals surface area contributed by atoms with Crippen LogP contribution in [0.2, 0.25) is 0 Å². The Balaban J connectivity index is 1.52. The molecule has 0 saturated carbocycles. The summed E-state index contributed by atoms with van der Waals surface area (Å²) in [6, 6.07) is 12.2. The van der Waals surface area contributed by atoms with Crippen molar-refractivity contribution in [3.05, 3.63) is 54.1 Å². The SMILES string of the molecule is CCOC(=O)c1ccc(NC(=O)COc2ccc(S(=O)(=O)N3CCOCC3)cc2)cc1. The fraction of sp³-hybridized carbons (Fsp3) is 0.333. The Bertz CT molecular complexity index is 999. The smallest absolute Gasteiger partial charge is 0.338 e. The first-order valence-electron chi connectivity index (χ1n) is 9.78. The van der Waals surface area contributed by atoms with Crippen molar-refractivity contribution in [3.8, 4) is 5.75 Å².